The summed E-state index contributed by atoms with van der Waals surface area (Å²) in [7, 11) is -1.13. The molecule has 2 nitrogen and oxygen atoms in total. The molecule has 2 rings (SSSR count). The number of thiazole rings is 1. The number of halogens is 2. The van der Waals surface area contributed by atoms with Gasteiger partial charge in [0, 0.05) is 26.8 Å². The van der Waals surface area contributed by atoms with Gasteiger partial charge < -0.3 is 0 Å². The van der Waals surface area contributed by atoms with E-state index in [4.69, 9.17) is 11.6 Å². The van der Waals surface area contributed by atoms with Gasteiger partial charge in [-0.05, 0) is 12.1 Å². The smallest absolute Gasteiger partial charge is 0.133 e. The van der Waals surface area contributed by atoms with E-state index in [0.717, 1.165) is 0 Å². The molecule has 0 fully saturated rings. The SMILES string of the molecule is C=C(Cl)C[S@@](=O)Cc1csc(-c2ccccc2F)n1. The van der Waals surface area contributed by atoms with Crippen LogP contribution in [0.4, 0.5) is 4.39 Å². The Morgan fingerprint density at radius 1 is 1.47 bits per heavy atom. The maximum absolute atomic E-state index is 13.6. The molecule has 0 bridgehead atoms. The Bertz CT molecular complexity index is 627. The topological polar surface area (TPSA) is 30.0 Å². The Morgan fingerprint density at radius 2 is 2.21 bits per heavy atom. The van der Waals surface area contributed by atoms with Crippen molar-refractivity contribution in [3.8, 4) is 10.6 Å². The third-order valence-corrected chi connectivity index (χ3v) is 4.79. The quantitative estimate of drug-likeness (QED) is 0.836. The summed E-state index contributed by atoms with van der Waals surface area (Å²) in [5, 5.41) is 2.74. The second-order valence-electron chi connectivity index (χ2n) is 3.87. The van der Waals surface area contributed by atoms with Gasteiger partial charge in [0.05, 0.1) is 17.2 Å². The van der Waals surface area contributed by atoms with Crippen LogP contribution >= 0.6 is 22.9 Å². The Labute approximate surface area is 122 Å². The molecular formula is C13H11ClFNOS2. The summed E-state index contributed by atoms with van der Waals surface area (Å²) < 4.78 is 25.3. The van der Waals surface area contributed by atoms with Gasteiger partial charge in [-0.1, -0.05) is 30.3 Å². The molecule has 1 atom stereocenters. The highest BCUT2D eigenvalue weighted by atomic mass is 35.5. The van der Waals surface area contributed by atoms with E-state index >= 15 is 0 Å². The van der Waals surface area contributed by atoms with E-state index in [0.29, 0.717) is 27.1 Å². The number of benzene rings is 1. The molecule has 1 aromatic carbocycles. The Hall–Kier alpha value is -1.04. The summed E-state index contributed by atoms with van der Waals surface area (Å²) in [6.07, 6.45) is 0. The second kappa shape index (κ2) is 6.41. The van der Waals surface area contributed by atoms with Gasteiger partial charge in [-0.2, -0.15) is 0 Å². The highest BCUT2D eigenvalue weighted by Gasteiger charge is 2.11. The predicted molar refractivity (Wildman–Crippen MR) is 79.2 cm³/mol. The first-order valence-electron chi connectivity index (χ1n) is 5.44. The van der Waals surface area contributed by atoms with Gasteiger partial charge in [0.15, 0.2) is 0 Å². The zero-order valence-corrected chi connectivity index (χ0v) is 12.3. The first-order valence-corrected chi connectivity index (χ1v) is 8.18. The Balaban J connectivity index is 2.14. The highest BCUT2D eigenvalue weighted by Crippen LogP contribution is 2.26. The van der Waals surface area contributed by atoms with Crippen LogP contribution in [-0.4, -0.2) is 14.9 Å². The zero-order valence-electron chi connectivity index (χ0n) is 9.94. The van der Waals surface area contributed by atoms with Crippen molar-refractivity contribution >= 4 is 33.7 Å². The number of aromatic nitrogens is 1. The maximum Gasteiger partial charge on any atom is 0.133 e. The van der Waals surface area contributed by atoms with Crippen LogP contribution in [0.15, 0.2) is 41.3 Å². The molecule has 1 heterocycles. The number of nitrogens with zero attached hydrogens (tertiary/aromatic N) is 1. The normalized spacial score (nSPS) is 12.3. The lowest BCUT2D eigenvalue weighted by Gasteiger charge is -1.98. The molecule has 1 aromatic heterocycles. The summed E-state index contributed by atoms with van der Waals surface area (Å²) in [6.45, 7) is 3.51. The molecule has 0 N–H and O–H groups in total. The van der Waals surface area contributed by atoms with E-state index < -0.39 is 10.8 Å². The van der Waals surface area contributed by atoms with Crippen LogP contribution in [0.5, 0.6) is 0 Å². The van der Waals surface area contributed by atoms with Crippen molar-refractivity contribution in [2.45, 2.75) is 5.75 Å². The summed E-state index contributed by atoms with van der Waals surface area (Å²) in [6, 6.07) is 6.46. The third-order valence-electron chi connectivity index (χ3n) is 2.28. The summed E-state index contributed by atoms with van der Waals surface area (Å²) in [4.78, 5) is 4.30. The molecular weight excluding hydrogens is 305 g/mol. The monoisotopic (exact) mass is 315 g/mol. The standard InChI is InChI=1S/C13H11ClFNOS2/c1-9(14)7-19(17)8-10-6-18-13(16-10)11-4-2-3-5-12(11)15/h2-6H,1,7-8H2/t19-/m1/s1. The largest absolute Gasteiger partial charge is 0.259 e. The minimum absolute atomic E-state index is 0.244. The van der Waals surface area contributed by atoms with Gasteiger partial charge in [0.1, 0.15) is 10.8 Å². The first-order chi connectivity index (χ1) is 9.06. The lowest BCUT2D eigenvalue weighted by atomic mass is 10.2. The molecule has 0 aliphatic heterocycles. The average Bonchev–Trinajstić information content (AvgIpc) is 2.76. The average molecular weight is 316 g/mol. The van der Waals surface area contributed by atoms with Crippen molar-refractivity contribution in [2.75, 3.05) is 5.75 Å². The summed E-state index contributed by atoms with van der Waals surface area (Å²) >= 11 is 6.94. The molecule has 2 aromatic rings. The van der Waals surface area contributed by atoms with E-state index in [1.165, 1.54) is 17.4 Å². The Kier molecular flexibility index (Phi) is 4.85. The van der Waals surface area contributed by atoms with E-state index in [2.05, 4.69) is 11.6 Å². The molecule has 100 valence electrons. The number of rotatable bonds is 5. The number of hydrogen-bond acceptors (Lipinski definition) is 3. The van der Waals surface area contributed by atoms with Crippen molar-refractivity contribution in [1.29, 1.82) is 0 Å². The van der Waals surface area contributed by atoms with Crippen LogP contribution in [0.25, 0.3) is 10.6 Å². The van der Waals surface area contributed by atoms with Crippen molar-refractivity contribution in [2.24, 2.45) is 0 Å². The van der Waals surface area contributed by atoms with Gasteiger partial charge in [-0.3, -0.25) is 4.21 Å². The van der Waals surface area contributed by atoms with E-state index in [1.54, 1.807) is 23.6 Å². The molecule has 0 aliphatic rings. The molecule has 0 radical (unpaired) electrons. The van der Waals surface area contributed by atoms with Crippen LogP contribution < -0.4 is 0 Å². The molecule has 0 unspecified atom stereocenters. The van der Waals surface area contributed by atoms with Gasteiger partial charge >= 0.3 is 0 Å². The van der Waals surface area contributed by atoms with Crippen LogP contribution in [0.1, 0.15) is 5.69 Å². The lowest BCUT2D eigenvalue weighted by Crippen LogP contribution is -2.01. The number of hydrogen-bond donors (Lipinski definition) is 0. The van der Waals surface area contributed by atoms with Gasteiger partial charge in [0.25, 0.3) is 0 Å². The van der Waals surface area contributed by atoms with Crippen molar-refractivity contribution in [1.82, 2.24) is 4.98 Å². The van der Waals surface area contributed by atoms with Crippen LogP contribution in [-0.2, 0) is 16.6 Å². The van der Waals surface area contributed by atoms with Crippen molar-refractivity contribution in [3.63, 3.8) is 0 Å². The van der Waals surface area contributed by atoms with E-state index in [1.807, 2.05) is 0 Å². The second-order valence-corrected chi connectivity index (χ2v) is 6.72. The lowest BCUT2D eigenvalue weighted by molar-refractivity contribution is 0.631. The molecule has 0 amide bonds. The summed E-state index contributed by atoms with van der Waals surface area (Å²) in [5.41, 5.74) is 1.14. The first kappa shape index (κ1) is 14.4. The van der Waals surface area contributed by atoms with Crippen molar-refractivity contribution in [3.05, 3.63) is 52.8 Å². The van der Waals surface area contributed by atoms with E-state index in [-0.39, 0.29) is 11.6 Å². The van der Waals surface area contributed by atoms with Gasteiger partial charge in [0.2, 0.25) is 0 Å². The predicted octanol–water partition coefficient (Wildman–Crippen LogP) is 3.95. The summed E-state index contributed by atoms with van der Waals surface area (Å²) in [5.74, 6) is 0.240. The Morgan fingerprint density at radius 3 is 2.89 bits per heavy atom. The maximum atomic E-state index is 13.6. The van der Waals surface area contributed by atoms with Gasteiger partial charge in [-0.25, -0.2) is 9.37 Å². The van der Waals surface area contributed by atoms with Crippen LogP contribution in [0, 0.1) is 5.82 Å². The molecule has 0 aliphatic carbocycles. The molecule has 19 heavy (non-hydrogen) atoms. The minimum atomic E-state index is -1.13. The van der Waals surface area contributed by atoms with E-state index in [9.17, 15) is 8.60 Å². The fraction of sp³-hybridized carbons (Fsp3) is 0.154. The fourth-order valence-corrected chi connectivity index (χ4v) is 3.77. The van der Waals surface area contributed by atoms with Crippen LogP contribution in [0.3, 0.4) is 0 Å². The third kappa shape index (κ3) is 3.96. The van der Waals surface area contributed by atoms with Crippen molar-refractivity contribution < 1.29 is 8.60 Å². The minimum Gasteiger partial charge on any atom is -0.259 e. The molecule has 0 saturated heterocycles. The fourth-order valence-electron chi connectivity index (χ4n) is 1.52. The molecule has 0 saturated carbocycles. The van der Waals surface area contributed by atoms with Gasteiger partial charge in [-0.15, -0.1) is 11.3 Å². The van der Waals surface area contributed by atoms with Crippen LogP contribution in [0.2, 0.25) is 0 Å². The molecule has 0 spiro atoms. The highest BCUT2D eigenvalue weighted by molar-refractivity contribution is 7.84. The molecule has 6 heteroatoms. The zero-order chi connectivity index (χ0) is 13.8.